The fourth-order valence-corrected chi connectivity index (χ4v) is 2.24. The molecule has 1 heterocycles. The molecule has 22 heavy (non-hydrogen) atoms. The van der Waals surface area contributed by atoms with Crippen molar-refractivity contribution in [1.82, 2.24) is 4.98 Å². The van der Waals surface area contributed by atoms with E-state index in [9.17, 15) is 10.5 Å². The van der Waals surface area contributed by atoms with Crippen molar-refractivity contribution in [1.29, 1.82) is 10.5 Å². The van der Waals surface area contributed by atoms with Crippen LogP contribution in [-0.2, 0) is 0 Å². The summed E-state index contributed by atoms with van der Waals surface area (Å²) in [5.74, 6) is 0.710. The van der Waals surface area contributed by atoms with E-state index in [1.807, 2.05) is 12.1 Å². The molecule has 0 fully saturated rings. The third-order valence-electron chi connectivity index (χ3n) is 2.94. The molecule has 1 aromatic heterocycles. The van der Waals surface area contributed by atoms with E-state index in [0.29, 0.717) is 23.5 Å². The van der Waals surface area contributed by atoms with Gasteiger partial charge in [0.15, 0.2) is 0 Å². The lowest BCUT2D eigenvalue weighted by molar-refractivity contribution is 0.363. The second kappa shape index (κ2) is 6.66. The second-order valence-electron chi connectivity index (χ2n) is 4.29. The number of benzene rings is 1. The van der Waals surface area contributed by atoms with Crippen LogP contribution in [0.2, 0.25) is 0 Å². The summed E-state index contributed by atoms with van der Waals surface area (Å²) in [4.78, 5) is 3.92. The Morgan fingerprint density at radius 3 is 2.41 bits per heavy atom. The number of ether oxygens (including phenoxy) is 1. The fourth-order valence-electron chi connectivity index (χ4n) is 1.97. The summed E-state index contributed by atoms with van der Waals surface area (Å²) in [7, 11) is 0. The zero-order chi connectivity index (χ0) is 16.1. The van der Waals surface area contributed by atoms with E-state index < -0.39 is 0 Å². The molecule has 0 spiro atoms. The van der Waals surface area contributed by atoms with Crippen molar-refractivity contribution in [2.75, 3.05) is 12.3 Å². The normalized spacial score (nSPS) is 9.59. The van der Waals surface area contributed by atoms with Gasteiger partial charge in [-0.1, -0.05) is 24.8 Å². The van der Waals surface area contributed by atoms with Crippen LogP contribution in [0, 0.1) is 22.7 Å². The summed E-state index contributed by atoms with van der Waals surface area (Å²) in [6, 6.07) is 11.0. The smallest absolute Gasteiger partial charge is 0.143 e. The first-order chi connectivity index (χ1) is 10.6. The topological polar surface area (TPSA) is 95.7 Å². The van der Waals surface area contributed by atoms with E-state index in [4.69, 9.17) is 10.5 Å². The van der Waals surface area contributed by atoms with Crippen LogP contribution in [0.15, 0.2) is 41.9 Å². The number of aromatic nitrogens is 1. The first kappa shape index (κ1) is 15.4. The quantitative estimate of drug-likeness (QED) is 0.668. The molecule has 2 N–H and O–H groups in total. The Morgan fingerprint density at radius 1 is 1.23 bits per heavy atom. The number of pyridine rings is 1. The minimum atomic E-state index is 0.0495. The molecule has 0 radical (unpaired) electrons. The van der Waals surface area contributed by atoms with Crippen LogP contribution >= 0.6 is 12.6 Å². The molecule has 6 heteroatoms. The molecular weight excluding hydrogens is 296 g/mol. The predicted octanol–water partition coefficient (Wildman–Crippen LogP) is 2.93. The van der Waals surface area contributed by atoms with Crippen molar-refractivity contribution in [3.63, 3.8) is 0 Å². The SMILES string of the molecule is C=CCOc1ccc(-c2c(C#N)c(N)nc(S)c2C#N)cc1. The summed E-state index contributed by atoms with van der Waals surface area (Å²) in [5, 5.41) is 18.8. The van der Waals surface area contributed by atoms with Gasteiger partial charge in [-0.2, -0.15) is 10.5 Å². The van der Waals surface area contributed by atoms with Crippen molar-refractivity contribution in [2.24, 2.45) is 0 Å². The van der Waals surface area contributed by atoms with Crippen LogP contribution in [0.4, 0.5) is 5.82 Å². The average molecular weight is 308 g/mol. The van der Waals surface area contributed by atoms with Crippen molar-refractivity contribution in [3.8, 4) is 29.0 Å². The summed E-state index contributed by atoms with van der Waals surface area (Å²) < 4.78 is 5.41. The van der Waals surface area contributed by atoms with Gasteiger partial charge in [0.2, 0.25) is 0 Å². The second-order valence-corrected chi connectivity index (χ2v) is 4.72. The van der Waals surface area contributed by atoms with Gasteiger partial charge in [-0.3, -0.25) is 0 Å². The molecule has 0 aliphatic rings. The number of nitrogen functional groups attached to an aromatic ring is 1. The number of hydrogen-bond donors (Lipinski definition) is 2. The highest BCUT2D eigenvalue weighted by Crippen LogP contribution is 2.33. The summed E-state index contributed by atoms with van der Waals surface area (Å²) in [5.41, 5.74) is 7.24. The first-order valence-electron chi connectivity index (χ1n) is 6.29. The Balaban J connectivity index is 2.59. The summed E-state index contributed by atoms with van der Waals surface area (Å²) >= 11 is 4.16. The maximum Gasteiger partial charge on any atom is 0.143 e. The lowest BCUT2D eigenvalue weighted by Gasteiger charge is -2.11. The van der Waals surface area contributed by atoms with Gasteiger partial charge in [0, 0.05) is 5.56 Å². The molecule has 2 rings (SSSR count). The first-order valence-corrected chi connectivity index (χ1v) is 6.73. The number of hydrogen-bond acceptors (Lipinski definition) is 6. The number of nitriles is 2. The monoisotopic (exact) mass is 308 g/mol. The summed E-state index contributed by atoms with van der Waals surface area (Å²) in [6.45, 7) is 3.98. The average Bonchev–Trinajstić information content (AvgIpc) is 2.53. The Kier molecular flexibility index (Phi) is 4.67. The number of nitrogens with zero attached hydrogens (tertiary/aromatic N) is 3. The lowest BCUT2D eigenvalue weighted by atomic mass is 9.97. The highest BCUT2D eigenvalue weighted by molar-refractivity contribution is 7.80. The highest BCUT2D eigenvalue weighted by atomic mass is 32.1. The van der Waals surface area contributed by atoms with Crippen molar-refractivity contribution < 1.29 is 4.74 Å². The van der Waals surface area contributed by atoms with Crippen molar-refractivity contribution in [2.45, 2.75) is 5.03 Å². The highest BCUT2D eigenvalue weighted by Gasteiger charge is 2.18. The van der Waals surface area contributed by atoms with Gasteiger partial charge >= 0.3 is 0 Å². The van der Waals surface area contributed by atoms with E-state index in [1.54, 1.807) is 30.3 Å². The largest absolute Gasteiger partial charge is 0.490 e. The number of anilines is 1. The van der Waals surface area contributed by atoms with E-state index in [-0.39, 0.29) is 22.0 Å². The lowest BCUT2D eigenvalue weighted by Crippen LogP contribution is -2.02. The Hall–Kier alpha value is -2.96. The van der Waals surface area contributed by atoms with Gasteiger partial charge in [0.25, 0.3) is 0 Å². The van der Waals surface area contributed by atoms with Gasteiger partial charge in [0.05, 0.1) is 5.56 Å². The van der Waals surface area contributed by atoms with Gasteiger partial charge in [-0.05, 0) is 17.7 Å². The molecule has 2 aromatic rings. The zero-order valence-electron chi connectivity index (χ0n) is 11.6. The molecule has 0 atom stereocenters. The zero-order valence-corrected chi connectivity index (χ0v) is 12.5. The third kappa shape index (κ3) is 2.88. The molecule has 5 nitrogen and oxygen atoms in total. The number of nitrogens with two attached hydrogens (primary N) is 1. The van der Waals surface area contributed by atoms with Gasteiger partial charge in [0.1, 0.15) is 40.9 Å². The van der Waals surface area contributed by atoms with Crippen LogP contribution in [0.5, 0.6) is 5.75 Å². The molecule has 0 unspecified atom stereocenters. The predicted molar refractivity (Wildman–Crippen MR) is 86.5 cm³/mol. The van der Waals surface area contributed by atoms with Crippen LogP contribution in [0.3, 0.4) is 0 Å². The summed E-state index contributed by atoms with van der Waals surface area (Å²) in [6.07, 6.45) is 1.65. The minimum Gasteiger partial charge on any atom is -0.490 e. The number of rotatable bonds is 4. The van der Waals surface area contributed by atoms with Crippen LogP contribution in [0.1, 0.15) is 11.1 Å². The molecule has 0 aliphatic heterocycles. The van der Waals surface area contributed by atoms with E-state index >= 15 is 0 Å². The van der Waals surface area contributed by atoms with E-state index in [0.717, 1.165) is 0 Å². The molecule has 0 bridgehead atoms. The molecule has 0 amide bonds. The fraction of sp³-hybridized carbons (Fsp3) is 0.0625. The minimum absolute atomic E-state index is 0.0495. The molecular formula is C16H12N4OS. The molecule has 108 valence electrons. The van der Waals surface area contributed by atoms with Crippen LogP contribution in [0.25, 0.3) is 11.1 Å². The van der Waals surface area contributed by atoms with Gasteiger partial charge < -0.3 is 10.5 Å². The van der Waals surface area contributed by atoms with E-state index in [2.05, 4.69) is 24.2 Å². The van der Waals surface area contributed by atoms with Crippen molar-refractivity contribution in [3.05, 3.63) is 48.0 Å². The molecule has 0 saturated heterocycles. The molecule has 1 aromatic carbocycles. The van der Waals surface area contributed by atoms with Crippen LogP contribution in [-0.4, -0.2) is 11.6 Å². The van der Waals surface area contributed by atoms with Gasteiger partial charge in [-0.15, -0.1) is 12.6 Å². The maximum absolute atomic E-state index is 9.32. The van der Waals surface area contributed by atoms with E-state index in [1.165, 1.54) is 0 Å². The maximum atomic E-state index is 9.32. The van der Waals surface area contributed by atoms with Crippen molar-refractivity contribution >= 4 is 18.4 Å². The van der Waals surface area contributed by atoms with Crippen LogP contribution < -0.4 is 10.5 Å². The standard InChI is InChI=1S/C16H12N4OS/c1-2-7-21-11-5-3-10(4-6-11)14-12(8-17)15(19)20-16(22)13(14)9-18/h2-6H,1,7H2,(H3,19,20,22). The van der Waals surface area contributed by atoms with Gasteiger partial charge in [-0.25, -0.2) is 4.98 Å². The molecule has 0 aliphatic carbocycles. The molecule has 0 saturated carbocycles. The number of thiol groups is 1. The Morgan fingerprint density at radius 2 is 1.86 bits per heavy atom. The Labute approximate surface area is 133 Å². The third-order valence-corrected chi connectivity index (χ3v) is 3.26. The Bertz CT molecular complexity index is 763.